The van der Waals surface area contributed by atoms with Crippen molar-refractivity contribution in [2.75, 3.05) is 39.4 Å². The summed E-state index contributed by atoms with van der Waals surface area (Å²) in [6.07, 6.45) is 3.59. The maximum Gasteiger partial charge on any atom is 0.407 e. The van der Waals surface area contributed by atoms with E-state index in [2.05, 4.69) is 4.90 Å². The fourth-order valence-electron chi connectivity index (χ4n) is 3.54. The van der Waals surface area contributed by atoms with Crippen molar-refractivity contribution in [3.8, 4) is 0 Å². The van der Waals surface area contributed by atoms with Crippen molar-refractivity contribution in [2.24, 2.45) is 0 Å². The molecule has 3 fully saturated rings. The fraction of sp³-hybridized carbons (Fsp3) is 0.929. The Bertz CT molecular complexity index is 340. The number of carbonyl (C=O) groups is 1. The van der Waals surface area contributed by atoms with E-state index in [1.165, 1.54) is 12.8 Å². The summed E-state index contributed by atoms with van der Waals surface area (Å²) in [7, 11) is 0. The highest BCUT2D eigenvalue weighted by Gasteiger charge is 2.38. The van der Waals surface area contributed by atoms with Crippen LogP contribution in [0.1, 0.15) is 25.7 Å². The van der Waals surface area contributed by atoms with Crippen molar-refractivity contribution in [1.82, 2.24) is 9.80 Å². The third-order valence-electron chi connectivity index (χ3n) is 4.56. The van der Waals surface area contributed by atoms with Gasteiger partial charge >= 0.3 is 6.09 Å². The molecule has 0 bridgehead atoms. The van der Waals surface area contributed by atoms with E-state index in [4.69, 9.17) is 9.47 Å². The summed E-state index contributed by atoms with van der Waals surface area (Å²) in [5.74, 6) is 0. The van der Waals surface area contributed by atoms with Gasteiger partial charge in [-0.1, -0.05) is 0 Å². The molecule has 0 aromatic carbocycles. The SMILES string of the molecule is O=C(O)N1C[C@H](O[C@@H]2CCOC2)C[C@H]1CN1CCCC1. The molecule has 1 N–H and O–H groups in total. The standard InChI is InChI=1S/C14H24N2O4/c17-14(18)16-9-13(20-12-3-6-19-10-12)7-11(16)8-15-4-1-2-5-15/h11-13H,1-10H2,(H,17,18)/t11-,12+,13+/m0/s1. The van der Waals surface area contributed by atoms with Crippen molar-refractivity contribution >= 4 is 6.09 Å². The zero-order valence-corrected chi connectivity index (χ0v) is 11.9. The Hall–Kier alpha value is -0.850. The molecular weight excluding hydrogens is 260 g/mol. The Balaban J connectivity index is 1.54. The van der Waals surface area contributed by atoms with E-state index in [1.807, 2.05) is 0 Å². The van der Waals surface area contributed by atoms with Gasteiger partial charge in [0.1, 0.15) is 0 Å². The van der Waals surface area contributed by atoms with Crippen LogP contribution in [0.5, 0.6) is 0 Å². The largest absolute Gasteiger partial charge is 0.465 e. The van der Waals surface area contributed by atoms with Gasteiger partial charge in [0.2, 0.25) is 0 Å². The Kier molecular flexibility index (Phi) is 4.43. The Morgan fingerprint density at radius 2 is 2.10 bits per heavy atom. The van der Waals surface area contributed by atoms with Crippen LogP contribution in [-0.4, -0.2) is 78.6 Å². The van der Waals surface area contributed by atoms with Crippen molar-refractivity contribution in [3.63, 3.8) is 0 Å². The first kappa shape index (κ1) is 14.1. The fourth-order valence-corrected chi connectivity index (χ4v) is 3.54. The summed E-state index contributed by atoms with van der Waals surface area (Å²) < 4.78 is 11.3. The second kappa shape index (κ2) is 6.28. The highest BCUT2D eigenvalue weighted by Crippen LogP contribution is 2.25. The number of rotatable bonds is 4. The lowest BCUT2D eigenvalue weighted by Crippen LogP contribution is -2.41. The lowest BCUT2D eigenvalue weighted by Gasteiger charge is -2.25. The summed E-state index contributed by atoms with van der Waals surface area (Å²) in [5.41, 5.74) is 0. The molecule has 6 nitrogen and oxygen atoms in total. The van der Waals surface area contributed by atoms with Crippen LogP contribution < -0.4 is 0 Å². The Morgan fingerprint density at radius 3 is 2.75 bits per heavy atom. The van der Waals surface area contributed by atoms with Crippen LogP contribution in [0.25, 0.3) is 0 Å². The first-order valence-corrected chi connectivity index (χ1v) is 7.67. The first-order chi connectivity index (χ1) is 9.72. The average molecular weight is 284 g/mol. The van der Waals surface area contributed by atoms with E-state index >= 15 is 0 Å². The van der Waals surface area contributed by atoms with Gasteiger partial charge in [0.15, 0.2) is 0 Å². The zero-order valence-electron chi connectivity index (χ0n) is 11.9. The van der Waals surface area contributed by atoms with E-state index in [-0.39, 0.29) is 18.2 Å². The van der Waals surface area contributed by atoms with Crippen molar-refractivity contribution < 1.29 is 19.4 Å². The molecule has 3 atom stereocenters. The summed E-state index contributed by atoms with van der Waals surface area (Å²) in [4.78, 5) is 15.3. The molecular formula is C14H24N2O4. The Morgan fingerprint density at radius 1 is 1.30 bits per heavy atom. The van der Waals surface area contributed by atoms with Gasteiger partial charge < -0.3 is 24.4 Å². The molecule has 0 aromatic heterocycles. The number of nitrogens with zero attached hydrogens (tertiary/aromatic N) is 2. The molecule has 3 aliphatic rings. The van der Waals surface area contributed by atoms with Crippen LogP contribution in [0.2, 0.25) is 0 Å². The van der Waals surface area contributed by atoms with Crippen LogP contribution >= 0.6 is 0 Å². The number of hydrogen-bond donors (Lipinski definition) is 1. The molecule has 0 aliphatic carbocycles. The quantitative estimate of drug-likeness (QED) is 0.835. The van der Waals surface area contributed by atoms with Crippen molar-refractivity contribution in [1.29, 1.82) is 0 Å². The van der Waals surface area contributed by atoms with E-state index in [0.29, 0.717) is 13.2 Å². The second-order valence-corrected chi connectivity index (χ2v) is 6.08. The van der Waals surface area contributed by atoms with Crippen molar-refractivity contribution in [2.45, 2.75) is 43.9 Å². The third-order valence-corrected chi connectivity index (χ3v) is 4.56. The molecule has 0 unspecified atom stereocenters. The first-order valence-electron chi connectivity index (χ1n) is 7.67. The van der Waals surface area contributed by atoms with Gasteiger partial charge in [-0.3, -0.25) is 0 Å². The minimum absolute atomic E-state index is 0.0328. The molecule has 20 heavy (non-hydrogen) atoms. The second-order valence-electron chi connectivity index (χ2n) is 6.08. The maximum atomic E-state index is 11.4. The third kappa shape index (κ3) is 3.24. The molecule has 0 spiro atoms. The predicted octanol–water partition coefficient (Wildman–Crippen LogP) is 1.01. The highest BCUT2D eigenvalue weighted by atomic mass is 16.6. The molecule has 3 heterocycles. The van der Waals surface area contributed by atoms with Crippen LogP contribution in [-0.2, 0) is 9.47 Å². The number of amides is 1. The minimum Gasteiger partial charge on any atom is -0.465 e. The van der Waals surface area contributed by atoms with Crippen molar-refractivity contribution in [3.05, 3.63) is 0 Å². The summed E-state index contributed by atoms with van der Waals surface area (Å²) in [5, 5.41) is 9.36. The number of ether oxygens (including phenoxy) is 2. The van der Waals surface area contributed by atoms with E-state index in [1.54, 1.807) is 4.90 Å². The minimum atomic E-state index is -0.817. The number of likely N-dealkylation sites (tertiary alicyclic amines) is 2. The normalized spacial score (nSPS) is 35.0. The lowest BCUT2D eigenvalue weighted by atomic mass is 10.2. The molecule has 3 rings (SSSR count). The lowest BCUT2D eigenvalue weighted by molar-refractivity contribution is -0.00978. The topological polar surface area (TPSA) is 62.2 Å². The zero-order chi connectivity index (χ0) is 13.9. The molecule has 0 aromatic rings. The van der Waals surface area contributed by atoms with E-state index < -0.39 is 6.09 Å². The van der Waals surface area contributed by atoms with Gasteiger partial charge in [0, 0.05) is 13.2 Å². The number of hydrogen-bond acceptors (Lipinski definition) is 4. The number of carboxylic acid groups (broad SMARTS) is 1. The van der Waals surface area contributed by atoms with Gasteiger partial charge in [-0.25, -0.2) is 4.79 Å². The smallest absolute Gasteiger partial charge is 0.407 e. The highest BCUT2D eigenvalue weighted by molar-refractivity contribution is 5.66. The van der Waals surface area contributed by atoms with Gasteiger partial charge in [-0.2, -0.15) is 0 Å². The van der Waals surface area contributed by atoms with Crippen LogP contribution in [0.15, 0.2) is 0 Å². The average Bonchev–Trinajstić information content (AvgIpc) is 3.12. The molecule has 6 heteroatoms. The Labute approximate surface area is 119 Å². The van der Waals surface area contributed by atoms with E-state index in [0.717, 1.165) is 39.1 Å². The van der Waals surface area contributed by atoms with E-state index in [9.17, 15) is 9.90 Å². The summed E-state index contributed by atoms with van der Waals surface area (Å²) in [6, 6.07) is 0.0814. The molecule has 0 saturated carbocycles. The van der Waals surface area contributed by atoms with Gasteiger partial charge in [0.05, 0.1) is 31.4 Å². The molecule has 1 amide bonds. The van der Waals surface area contributed by atoms with Crippen LogP contribution in [0, 0.1) is 0 Å². The predicted molar refractivity (Wildman–Crippen MR) is 72.9 cm³/mol. The summed E-state index contributed by atoms with van der Waals surface area (Å²) >= 11 is 0. The molecule has 3 aliphatic heterocycles. The molecule has 114 valence electrons. The van der Waals surface area contributed by atoms with Gasteiger partial charge in [0.25, 0.3) is 0 Å². The maximum absolute atomic E-state index is 11.4. The summed E-state index contributed by atoms with van der Waals surface area (Å²) in [6.45, 7) is 4.98. The van der Waals surface area contributed by atoms with Gasteiger partial charge in [-0.05, 0) is 38.8 Å². The molecule has 3 saturated heterocycles. The van der Waals surface area contributed by atoms with Crippen LogP contribution in [0.4, 0.5) is 4.79 Å². The monoisotopic (exact) mass is 284 g/mol. The van der Waals surface area contributed by atoms with Crippen LogP contribution in [0.3, 0.4) is 0 Å². The molecule has 0 radical (unpaired) electrons. The van der Waals surface area contributed by atoms with Gasteiger partial charge in [-0.15, -0.1) is 0 Å².